The molecule has 1 N–H and O–H groups in total. The van der Waals surface area contributed by atoms with Crippen LogP contribution in [0.1, 0.15) is 24.1 Å². The zero-order chi connectivity index (χ0) is 27.7. The number of hydroxylamine groups is 1. The minimum atomic E-state index is -5.31. The first-order valence-corrected chi connectivity index (χ1v) is 13.3. The van der Waals surface area contributed by atoms with E-state index in [0.29, 0.717) is 35.9 Å². The molecule has 0 unspecified atom stereocenters. The Bertz CT molecular complexity index is 1230. The maximum Gasteiger partial charge on any atom is 0.493 e. The molecule has 2 heterocycles. The number of halogens is 3. The molecule has 0 saturated carbocycles. The number of nitrogens with one attached hydrogen (secondary N) is 1. The summed E-state index contributed by atoms with van der Waals surface area (Å²) in [5.41, 5.74) is 1.98. The normalized spacial score (nSPS) is 14.1. The van der Waals surface area contributed by atoms with E-state index in [4.69, 9.17) is 9.47 Å². The molecule has 1 aliphatic rings. The molecule has 1 aliphatic heterocycles. The fraction of sp³-hybridized carbons (Fsp3) is 0.370. The summed E-state index contributed by atoms with van der Waals surface area (Å²) in [7, 11) is 0. The van der Waals surface area contributed by atoms with Crippen molar-refractivity contribution < 1.29 is 37.1 Å². The van der Waals surface area contributed by atoms with E-state index >= 15 is 0 Å². The second-order valence-corrected chi connectivity index (χ2v) is 9.75. The van der Waals surface area contributed by atoms with Crippen molar-refractivity contribution in [2.24, 2.45) is 5.92 Å². The first-order chi connectivity index (χ1) is 18.8. The highest BCUT2D eigenvalue weighted by atomic mass is 32.1. The van der Waals surface area contributed by atoms with E-state index in [1.165, 1.54) is 23.5 Å². The number of piperidine rings is 1. The van der Waals surface area contributed by atoms with Crippen molar-refractivity contribution in [3.8, 4) is 10.6 Å². The van der Waals surface area contributed by atoms with Crippen molar-refractivity contribution in [1.29, 1.82) is 0 Å². The summed E-state index contributed by atoms with van der Waals surface area (Å²) in [4.78, 5) is 33.8. The lowest BCUT2D eigenvalue weighted by Crippen LogP contribution is -2.40. The van der Waals surface area contributed by atoms with E-state index in [1.807, 2.05) is 30.3 Å². The lowest BCUT2D eigenvalue weighted by molar-refractivity contribution is -0.200. The van der Waals surface area contributed by atoms with Crippen molar-refractivity contribution in [2.75, 3.05) is 31.4 Å². The van der Waals surface area contributed by atoms with Gasteiger partial charge < -0.3 is 19.6 Å². The van der Waals surface area contributed by atoms with Crippen LogP contribution >= 0.6 is 11.3 Å². The summed E-state index contributed by atoms with van der Waals surface area (Å²) >= 11 is 1.25. The second-order valence-electron chi connectivity index (χ2n) is 8.89. The van der Waals surface area contributed by atoms with Gasteiger partial charge in [-0.25, -0.2) is 14.6 Å². The summed E-state index contributed by atoms with van der Waals surface area (Å²) in [6.07, 6.45) is -4.51. The molecule has 12 heteroatoms. The minimum absolute atomic E-state index is 0.00682. The van der Waals surface area contributed by atoms with Gasteiger partial charge in [-0.05, 0) is 49.5 Å². The topological polar surface area (TPSA) is 90.0 Å². The molecular weight excluding hydrogens is 535 g/mol. The summed E-state index contributed by atoms with van der Waals surface area (Å²) in [6, 6.07) is 15.8. The Morgan fingerprint density at radius 2 is 1.77 bits per heavy atom. The van der Waals surface area contributed by atoms with Crippen LogP contribution in [0.2, 0.25) is 0 Å². The maximum absolute atomic E-state index is 13.1. The van der Waals surface area contributed by atoms with Crippen LogP contribution in [-0.2, 0) is 32.1 Å². The number of rotatable bonds is 9. The standard InChI is InChI=1S/C27H28F3N3O5S/c28-27(29,30)25(34)38-33(26(35)37-17-20-10-13-31-14-11-20)23-9-5-4-8-22(23)24-32-21(18-39-24)12-15-36-16-19-6-2-1-3-7-19/h1-9,18,20,31H,10-17H2. The number of carbonyl (C=O) groups is 2. The van der Waals surface area contributed by atoms with Crippen LogP contribution in [0.15, 0.2) is 60.0 Å². The first kappa shape index (κ1) is 28.5. The molecule has 39 heavy (non-hydrogen) atoms. The highest BCUT2D eigenvalue weighted by molar-refractivity contribution is 7.13. The van der Waals surface area contributed by atoms with Gasteiger partial charge in [-0.15, -0.1) is 16.4 Å². The van der Waals surface area contributed by atoms with Crippen LogP contribution in [0.5, 0.6) is 0 Å². The van der Waals surface area contributed by atoms with Crippen molar-refractivity contribution in [1.82, 2.24) is 10.3 Å². The van der Waals surface area contributed by atoms with Crippen molar-refractivity contribution in [3.05, 3.63) is 71.2 Å². The Morgan fingerprint density at radius 3 is 2.51 bits per heavy atom. The van der Waals surface area contributed by atoms with Crippen molar-refractivity contribution >= 4 is 29.1 Å². The van der Waals surface area contributed by atoms with Gasteiger partial charge in [0.05, 0.1) is 31.2 Å². The summed E-state index contributed by atoms with van der Waals surface area (Å²) < 4.78 is 50.2. The molecule has 0 aliphatic carbocycles. The van der Waals surface area contributed by atoms with Crippen LogP contribution in [0.25, 0.3) is 10.6 Å². The SMILES string of the molecule is O=C(OCC1CCNCC1)N(OC(=O)C(F)(F)F)c1ccccc1-c1nc(CCOCc2ccccc2)cs1. The van der Waals surface area contributed by atoms with E-state index in [0.717, 1.165) is 31.5 Å². The smallest absolute Gasteiger partial charge is 0.447 e. The van der Waals surface area contributed by atoms with E-state index in [-0.39, 0.29) is 23.3 Å². The molecule has 1 saturated heterocycles. The van der Waals surface area contributed by atoms with Gasteiger partial charge in [-0.1, -0.05) is 42.5 Å². The van der Waals surface area contributed by atoms with Crippen LogP contribution < -0.4 is 10.4 Å². The van der Waals surface area contributed by atoms with Gasteiger partial charge in [-0.3, -0.25) is 0 Å². The number of thiazole rings is 1. The van der Waals surface area contributed by atoms with Gasteiger partial charge in [0.1, 0.15) is 5.01 Å². The fourth-order valence-corrected chi connectivity index (χ4v) is 4.82. The average Bonchev–Trinajstić information content (AvgIpc) is 3.42. The number of carbonyl (C=O) groups excluding carboxylic acids is 2. The Labute approximate surface area is 227 Å². The third-order valence-corrected chi connectivity index (χ3v) is 6.92. The van der Waals surface area contributed by atoms with E-state index in [1.54, 1.807) is 17.5 Å². The van der Waals surface area contributed by atoms with Crippen LogP contribution in [0.3, 0.4) is 0 Å². The fourth-order valence-electron chi connectivity index (χ4n) is 3.93. The van der Waals surface area contributed by atoms with E-state index in [9.17, 15) is 22.8 Å². The van der Waals surface area contributed by atoms with Gasteiger partial charge in [-0.2, -0.15) is 13.2 Å². The van der Waals surface area contributed by atoms with Gasteiger partial charge in [0, 0.05) is 17.4 Å². The Morgan fingerprint density at radius 1 is 1.05 bits per heavy atom. The number of amides is 1. The van der Waals surface area contributed by atoms with Gasteiger partial charge in [0.15, 0.2) is 0 Å². The largest absolute Gasteiger partial charge is 0.493 e. The van der Waals surface area contributed by atoms with Crippen LogP contribution in [-0.4, -0.2) is 49.5 Å². The summed E-state index contributed by atoms with van der Waals surface area (Å²) in [6.45, 7) is 2.37. The number of para-hydroxylation sites is 1. The second kappa shape index (κ2) is 13.5. The summed E-state index contributed by atoms with van der Waals surface area (Å²) in [5, 5.41) is 5.68. The maximum atomic E-state index is 13.1. The molecule has 2 aromatic carbocycles. The summed E-state index contributed by atoms with van der Waals surface area (Å²) in [5.74, 6) is -2.48. The molecule has 4 rings (SSSR count). The molecule has 8 nitrogen and oxygen atoms in total. The third-order valence-electron chi connectivity index (χ3n) is 5.99. The third kappa shape index (κ3) is 8.25. The lowest BCUT2D eigenvalue weighted by atomic mass is 9.99. The van der Waals surface area contributed by atoms with Gasteiger partial charge >= 0.3 is 18.2 Å². The lowest BCUT2D eigenvalue weighted by Gasteiger charge is -2.25. The monoisotopic (exact) mass is 563 g/mol. The molecule has 0 atom stereocenters. The molecule has 1 aromatic heterocycles. The number of alkyl halides is 3. The molecule has 1 fully saturated rings. The predicted octanol–water partition coefficient (Wildman–Crippen LogP) is 5.53. The Balaban J connectivity index is 1.48. The number of hydrogen-bond donors (Lipinski definition) is 1. The molecule has 208 valence electrons. The molecule has 1 amide bonds. The highest BCUT2D eigenvalue weighted by Crippen LogP contribution is 2.34. The van der Waals surface area contributed by atoms with E-state index in [2.05, 4.69) is 15.1 Å². The molecule has 0 radical (unpaired) electrons. The Kier molecular flexibility index (Phi) is 9.90. The first-order valence-electron chi connectivity index (χ1n) is 12.4. The van der Waals surface area contributed by atoms with Gasteiger partial charge in [0.25, 0.3) is 0 Å². The molecular formula is C27H28F3N3O5S. The molecule has 0 spiro atoms. The van der Waals surface area contributed by atoms with Crippen LogP contribution in [0, 0.1) is 5.92 Å². The zero-order valence-electron chi connectivity index (χ0n) is 21.0. The quantitative estimate of drug-likeness (QED) is 0.270. The van der Waals surface area contributed by atoms with Crippen LogP contribution in [0.4, 0.5) is 23.7 Å². The minimum Gasteiger partial charge on any atom is -0.447 e. The molecule has 0 bridgehead atoms. The Hall–Kier alpha value is -3.48. The molecule has 3 aromatic rings. The number of ether oxygens (including phenoxy) is 2. The van der Waals surface area contributed by atoms with Gasteiger partial charge in [0.2, 0.25) is 0 Å². The zero-order valence-corrected chi connectivity index (χ0v) is 21.8. The highest BCUT2D eigenvalue weighted by Gasteiger charge is 2.44. The van der Waals surface area contributed by atoms with Crippen molar-refractivity contribution in [3.63, 3.8) is 0 Å². The number of aromatic nitrogens is 1. The van der Waals surface area contributed by atoms with E-state index < -0.39 is 18.2 Å². The average molecular weight is 564 g/mol. The number of nitrogens with zero attached hydrogens (tertiary/aromatic N) is 2. The number of anilines is 1. The number of hydrogen-bond acceptors (Lipinski definition) is 8. The predicted molar refractivity (Wildman–Crippen MR) is 139 cm³/mol. The number of benzene rings is 2. The van der Waals surface area contributed by atoms with Crippen molar-refractivity contribution in [2.45, 2.75) is 32.0 Å².